The van der Waals surface area contributed by atoms with Gasteiger partial charge in [-0.2, -0.15) is 0 Å². The number of ketones is 1. The molecule has 1 saturated carbocycles. The zero-order valence-electron chi connectivity index (χ0n) is 14.1. The number of allylic oxidation sites excluding steroid dienone is 1. The number of rotatable bonds is 3. The van der Waals surface area contributed by atoms with Gasteiger partial charge in [0.15, 0.2) is 5.78 Å². The van der Waals surface area contributed by atoms with Crippen LogP contribution in [0.15, 0.2) is 24.3 Å². The Labute approximate surface area is 138 Å². The first-order valence-corrected chi connectivity index (χ1v) is 8.66. The zero-order valence-corrected chi connectivity index (χ0v) is 14.1. The van der Waals surface area contributed by atoms with E-state index in [-0.39, 0.29) is 17.2 Å². The Kier molecular flexibility index (Phi) is 4.38. The molecule has 0 spiro atoms. The highest BCUT2D eigenvalue weighted by Gasteiger charge is 2.29. The van der Waals surface area contributed by atoms with Crippen LogP contribution in [-0.2, 0) is 11.2 Å². The molecule has 0 aromatic heterocycles. The van der Waals surface area contributed by atoms with Crippen molar-refractivity contribution < 1.29 is 4.79 Å². The van der Waals surface area contributed by atoms with Gasteiger partial charge in [-0.25, -0.2) is 0 Å². The van der Waals surface area contributed by atoms with E-state index in [0.717, 1.165) is 36.1 Å². The minimum atomic E-state index is -0.0577. The summed E-state index contributed by atoms with van der Waals surface area (Å²) in [6.45, 7) is 4.33. The zero-order chi connectivity index (χ0) is 16.4. The van der Waals surface area contributed by atoms with Crippen LogP contribution >= 0.6 is 0 Å². The quantitative estimate of drug-likeness (QED) is 0.652. The molecule has 0 radical (unpaired) electrons. The van der Waals surface area contributed by atoms with Crippen LogP contribution < -0.4 is 5.32 Å². The van der Waals surface area contributed by atoms with Gasteiger partial charge < -0.3 is 10.7 Å². The minimum Gasteiger partial charge on any atom is -0.379 e. The Balaban J connectivity index is 1.95. The second kappa shape index (κ2) is 6.31. The van der Waals surface area contributed by atoms with E-state index < -0.39 is 0 Å². The maximum absolute atomic E-state index is 12.7. The molecule has 3 heteroatoms. The van der Waals surface area contributed by atoms with Gasteiger partial charge in [0, 0.05) is 35.0 Å². The van der Waals surface area contributed by atoms with Crippen molar-refractivity contribution in [3.05, 3.63) is 41.0 Å². The number of carbonyl (C=O) groups excluding carboxylic acids is 1. The van der Waals surface area contributed by atoms with Crippen LogP contribution in [0.3, 0.4) is 0 Å². The number of benzene rings is 1. The molecule has 1 aliphatic carbocycles. The standard InChI is InChI=1S/C20H26N2O/c1-20(2)12-16-9-8-14(13-21)10-17(16)18(22-20)11-19(23)15-6-4-3-5-7-15/h8-11,13,15,21-22H,3-7,12H2,1-2H3/b18-11-,21-13?. The second-order valence-corrected chi connectivity index (χ2v) is 7.54. The summed E-state index contributed by atoms with van der Waals surface area (Å²) in [6.07, 6.45) is 9.77. The average molecular weight is 310 g/mol. The van der Waals surface area contributed by atoms with Crippen LogP contribution in [0.2, 0.25) is 0 Å². The van der Waals surface area contributed by atoms with Gasteiger partial charge in [-0.15, -0.1) is 0 Å². The van der Waals surface area contributed by atoms with Crippen molar-refractivity contribution in [2.45, 2.75) is 57.9 Å². The van der Waals surface area contributed by atoms with E-state index in [0.29, 0.717) is 0 Å². The summed E-state index contributed by atoms with van der Waals surface area (Å²) in [7, 11) is 0. The Morgan fingerprint density at radius 1 is 1.26 bits per heavy atom. The number of hydrogen-bond donors (Lipinski definition) is 2. The fourth-order valence-electron chi connectivity index (χ4n) is 3.80. The summed E-state index contributed by atoms with van der Waals surface area (Å²) in [4.78, 5) is 12.7. The highest BCUT2D eigenvalue weighted by atomic mass is 16.1. The highest BCUT2D eigenvalue weighted by molar-refractivity contribution is 5.99. The van der Waals surface area contributed by atoms with Crippen molar-refractivity contribution in [3.8, 4) is 0 Å². The topological polar surface area (TPSA) is 53.0 Å². The molecule has 1 aromatic rings. The minimum absolute atomic E-state index is 0.0577. The van der Waals surface area contributed by atoms with E-state index in [4.69, 9.17) is 5.41 Å². The van der Waals surface area contributed by atoms with Crippen LogP contribution in [0, 0.1) is 11.3 Å². The second-order valence-electron chi connectivity index (χ2n) is 7.54. The highest BCUT2D eigenvalue weighted by Crippen LogP contribution is 2.31. The molecule has 1 aliphatic heterocycles. The van der Waals surface area contributed by atoms with Gasteiger partial charge in [0.25, 0.3) is 0 Å². The van der Waals surface area contributed by atoms with E-state index in [2.05, 4.69) is 25.2 Å². The predicted molar refractivity (Wildman–Crippen MR) is 94.8 cm³/mol. The molecule has 0 unspecified atom stereocenters. The average Bonchev–Trinajstić information content (AvgIpc) is 2.54. The van der Waals surface area contributed by atoms with Crippen molar-refractivity contribution in [1.82, 2.24) is 5.32 Å². The Bertz CT molecular complexity index is 652. The van der Waals surface area contributed by atoms with E-state index in [1.807, 2.05) is 18.2 Å². The Morgan fingerprint density at radius 3 is 2.70 bits per heavy atom. The van der Waals surface area contributed by atoms with Gasteiger partial charge in [-0.1, -0.05) is 31.4 Å². The van der Waals surface area contributed by atoms with Crippen LogP contribution in [0.5, 0.6) is 0 Å². The third-order valence-electron chi connectivity index (χ3n) is 4.99. The van der Waals surface area contributed by atoms with Crippen molar-refractivity contribution in [2.75, 3.05) is 0 Å². The van der Waals surface area contributed by atoms with Crippen LogP contribution in [0.25, 0.3) is 5.70 Å². The largest absolute Gasteiger partial charge is 0.379 e. The molecular formula is C20H26N2O. The van der Waals surface area contributed by atoms with Gasteiger partial charge in [0.05, 0.1) is 0 Å². The summed E-state index contributed by atoms with van der Waals surface area (Å²) in [5.74, 6) is 0.452. The van der Waals surface area contributed by atoms with Crippen molar-refractivity contribution in [1.29, 1.82) is 5.41 Å². The molecular weight excluding hydrogens is 284 g/mol. The first-order chi connectivity index (χ1) is 11.0. The molecule has 3 nitrogen and oxygen atoms in total. The third kappa shape index (κ3) is 3.54. The summed E-state index contributed by atoms with van der Waals surface area (Å²) in [5, 5.41) is 11.0. The molecule has 0 amide bonds. The van der Waals surface area contributed by atoms with Crippen molar-refractivity contribution in [2.24, 2.45) is 5.92 Å². The smallest absolute Gasteiger partial charge is 0.160 e. The maximum atomic E-state index is 12.7. The lowest BCUT2D eigenvalue weighted by Crippen LogP contribution is -2.44. The summed E-state index contributed by atoms with van der Waals surface area (Å²) in [5.41, 5.74) is 4.08. The number of hydrogen-bond acceptors (Lipinski definition) is 3. The third-order valence-corrected chi connectivity index (χ3v) is 4.99. The van der Waals surface area contributed by atoms with Crippen molar-refractivity contribution in [3.63, 3.8) is 0 Å². The summed E-state index contributed by atoms with van der Waals surface area (Å²) in [6, 6.07) is 6.09. The predicted octanol–water partition coefficient (Wildman–Crippen LogP) is 4.10. The molecule has 122 valence electrons. The molecule has 23 heavy (non-hydrogen) atoms. The lowest BCUT2D eigenvalue weighted by molar-refractivity contribution is -0.119. The molecule has 3 rings (SSSR count). The summed E-state index contributed by atoms with van der Waals surface area (Å²) < 4.78 is 0. The van der Waals surface area contributed by atoms with E-state index in [1.54, 1.807) is 0 Å². The number of carbonyl (C=O) groups is 1. The lowest BCUT2D eigenvalue weighted by Gasteiger charge is -2.36. The molecule has 0 bridgehead atoms. The molecule has 1 fully saturated rings. The molecule has 1 heterocycles. The molecule has 2 aliphatic rings. The van der Waals surface area contributed by atoms with Crippen LogP contribution in [0.4, 0.5) is 0 Å². The fourth-order valence-corrected chi connectivity index (χ4v) is 3.80. The Hall–Kier alpha value is -1.90. The van der Waals surface area contributed by atoms with Gasteiger partial charge in [-0.05, 0) is 50.3 Å². The normalized spacial score (nSPS) is 22.3. The SMILES string of the molecule is CC1(C)Cc2ccc(C=N)cc2/C(=C/C(=O)C2CCCCC2)N1. The van der Waals surface area contributed by atoms with E-state index in [9.17, 15) is 4.79 Å². The molecule has 0 atom stereocenters. The monoisotopic (exact) mass is 310 g/mol. The summed E-state index contributed by atoms with van der Waals surface area (Å²) >= 11 is 0. The van der Waals surface area contributed by atoms with Crippen molar-refractivity contribution >= 4 is 17.7 Å². The maximum Gasteiger partial charge on any atom is 0.160 e. The van der Waals surface area contributed by atoms with Crippen LogP contribution in [0.1, 0.15) is 62.6 Å². The van der Waals surface area contributed by atoms with E-state index in [1.165, 1.54) is 31.0 Å². The van der Waals surface area contributed by atoms with Gasteiger partial charge >= 0.3 is 0 Å². The van der Waals surface area contributed by atoms with Crippen LogP contribution in [-0.4, -0.2) is 17.5 Å². The first kappa shape index (κ1) is 16.0. The molecule has 1 aromatic carbocycles. The first-order valence-electron chi connectivity index (χ1n) is 8.66. The van der Waals surface area contributed by atoms with Gasteiger partial charge in [0.1, 0.15) is 0 Å². The van der Waals surface area contributed by atoms with E-state index >= 15 is 0 Å². The lowest BCUT2D eigenvalue weighted by atomic mass is 9.82. The molecule has 2 N–H and O–H groups in total. The Morgan fingerprint density at radius 2 is 2.00 bits per heavy atom. The van der Waals surface area contributed by atoms with Gasteiger partial charge in [0.2, 0.25) is 0 Å². The fraction of sp³-hybridized carbons (Fsp3) is 0.500. The number of nitrogens with one attached hydrogen (secondary N) is 2. The number of fused-ring (bicyclic) bond motifs is 1. The molecule has 0 saturated heterocycles. The van der Waals surface area contributed by atoms with Gasteiger partial charge in [-0.3, -0.25) is 4.79 Å².